The Labute approximate surface area is 79.7 Å². The minimum absolute atomic E-state index is 0.716. The van der Waals surface area contributed by atoms with Crippen LogP contribution in [-0.2, 0) is 0 Å². The summed E-state index contributed by atoms with van der Waals surface area (Å²) < 4.78 is 0.827. The maximum Gasteiger partial charge on any atom is 0.127 e. The third kappa shape index (κ3) is 3.17. The van der Waals surface area contributed by atoms with Gasteiger partial charge < -0.3 is 5.32 Å². The number of aromatic nitrogens is 1. The Bertz CT molecular complexity index is 241. The Morgan fingerprint density at radius 3 is 2.92 bits per heavy atom. The van der Waals surface area contributed by atoms with Crippen molar-refractivity contribution in [3.63, 3.8) is 0 Å². The number of nitrogens with two attached hydrogens (primary N) is 1. The lowest BCUT2D eigenvalue weighted by molar-refractivity contribution is 0.752. The van der Waals surface area contributed by atoms with Crippen LogP contribution in [0.15, 0.2) is 22.8 Å². The van der Waals surface area contributed by atoms with Crippen LogP contribution in [0.5, 0.6) is 0 Å². The molecular weight excluding hydrogens is 220 g/mol. The minimum atomic E-state index is 0.716. The zero-order valence-corrected chi connectivity index (χ0v) is 8.13. The second kappa shape index (κ2) is 5.08. The van der Waals surface area contributed by atoms with Crippen LogP contribution in [0.4, 0.5) is 5.82 Å². The van der Waals surface area contributed by atoms with Crippen molar-refractivity contribution in [2.75, 3.05) is 18.4 Å². The number of hydrogen-bond acceptors (Lipinski definition) is 4. The monoisotopic (exact) mass is 230 g/mol. The maximum atomic E-state index is 5.10. The number of pyridine rings is 1. The average molecular weight is 231 g/mol. The van der Waals surface area contributed by atoms with Gasteiger partial charge in [0.2, 0.25) is 0 Å². The number of rotatable bonds is 4. The maximum absolute atomic E-state index is 5.10. The molecule has 5 heteroatoms. The fourth-order valence-electron chi connectivity index (χ4n) is 0.769. The first-order chi connectivity index (χ1) is 5.83. The van der Waals surface area contributed by atoms with Gasteiger partial charge >= 0.3 is 0 Å². The number of nitrogens with one attached hydrogen (secondary N) is 2. The Morgan fingerprint density at radius 1 is 1.42 bits per heavy atom. The molecular formula is C7H11BrN4. The normalized spacial score (nSPS) is 9.83. The first-order valence-electron chi connectivity index (χ1n) is 3.63. The van der Waals surface area contributed by atoms with Gasteiger partial charge in [0.15, 0.2) is 0 Å². The highest BCUT2D eigenvalue weighted by Crippen LogP contribution is 2.09. The van der Waals surface area contributed by atoms with Crippen molar-refractivity contribution in [3.05, 3.63) is 22.8 Å². The van der Waals surface area contributed by atoms with Crippen LogP contribution < -0.4 is 16.6 Å². The van der Waals surface area contributed by atoms with E-state index in [1.165, 1.54) is 0 Å². The van der Waals surface area contributed by atoms with Crippen LogP contribution in [0.1, 0.15) is 0 Å². The van der Waals surface area contributed by atoms with E-state index in [1.54, 1.807) is 0 Å². The van der Waals surface area contributed by atoms with Crippen LogP contribution in [0.25, 0.3) is 0 Å². The smallest absolute Gasteiger partial charge is 0.127 e. The highest BCUT2D eigenvalue weighted by atomic mass is 79.9. The highest BCUT2D eigenvalue weighted by Gasteiger charge is 1.92. The molecule has 0 aliphatic rings. The third-order valence-electron chi connectivity index (χ3n) is 1.29. The molecule has 1 heterocycles. The summed E-state index contributed by atoms with van der Waals surface area (Å²) in [6, 6.07) is 5.71. The molecule has 0 amide bonds. The van der Waals surface area contributed by atoms with E-state index in [2.05, 4.69) is 31.7 Å². The third-order valence-corrected chi connectivity index (χ3v) is 1.73. The summed E-state index contributed by atoms with van der Waals surface area (Å²) in [7, 11) is 0. The van der Waals surface area contributed by atoms with Gasteiger partial charge in [-0.3, -0.25) is 11.3 Å². The molecule has 0 unspecified atom stereocenters. The molecule has 0 aromatic carbocycles. The van der Waals surface area contributed by atoms with Crippen molar-refractivity contribution in [2.45, 2.75) is 0 Å². The molecule has 0 atom stereocenters. The fraction of sp³-hybridized carbons (Fsp3) is 0.286. The largest absolute Gasteiger partial charge is 0.369 e. The van der Waals surface area contributed by atoms with Gasteiger partial charge in [0, 0.05) is 13.1 Å². The van der Waals surface area contributed by atoms with Gasteiger partial charge in [-0.25, -0.2) is 4.98 Å². The Hall–Kier alpha value is -0.650. The summed E-state index contributed by atoms with van der Waals surface area (Å²) >= 11 is 3.28. The molecule has 1 aromatic rings. The van der Waals surface area contributed by atoms with Crippen molar-refractivity contribution in [1.29, 1.82) is 0 Å². The predicted octanol–water partition coefficient (Wildman–Crippen LogP) is 0.719. The highest BCUT2D eigenvalue weighted by molar-refractivity contribution is 9.10. The van der Waals surface area contributed by atoms with E-state index in [1.807, 2.05) is 18.2 Å². The molecule has 1 rings (SSSR count). The molecule has 0 radical (unpaired) electrons. The van der Waals surface area contributed by atoms with Crippen molar-refractivity contribution in [1.82, 2.24) is 10.4 Å². The first-order valence-corrected chi connectivity index (χ1v) is 4.42. The summed E-state index contributed by atoms with van der Waals surface area (Å²) in [4.78, 5) is 4.18. The summed E-state index contributed by atoms with van der Waals surface area (Å²) in [6.07, 6.45) is 0. The van der Waals surface area contributed by atoms with Crippen LogP contribution in [-0.4, -0.2) is 18.1 Å². The number of hydrogen-bond donors (Lipinski definition) is 3. The van der Waals surface area contributed by atoms with Crippen LogP contribution in [0, 0.1) is 0 Å². The van der Waals surface area contributed by atoms with Crippen molar-refractivity contribution in [3.8, 4) is 0 Å². The van der Waals surface area contributed by atoms with Gasteiger partial charge in [0.1, 0.15) is 10.4 Å². The molecule has 12 heavy (non-hydrogen) atoms. The SMILES string of the molecule is NNCCNc1cccc(Br)n1. The molecule has 1 aromatic heterocycles. The van der Waals surface area contributed by atoms with E-state index >= 15 is 0 Å². The first kappa shape index (κ1) is 9.44. The molecule has 0 aliphatic heterocycles. The lowest BCUT2D eigenvalue weighted by Gasteiger charge is -2.04. The van der Waals surface area contributed by atoms with Crippen LogP contribution in [0.2, 0.25) is 0 Å². The van der Waals surface area contributed by atoms with Crippen molar-refractivity contribution in [2.24, 2.45) is 5.84 Å². The Morgan fingerprint density at radius 2 is 2.25 bits per heavy atom. The van der Waals surface area contributed by atoms with Gasteiger partial charge in [-0.1, -0.05) is 6.07 Å². The van der Waals surface area contributed by atoms with E-state index in [4.69, 9.17) is 5.84 Å². The zero-order valence-electron chi connectivity index (χ0n) is 6.55. The Balaban J connectivity index is 2.41. The van der Waals surface area contributed by atoms with E-state index in [-0.39, 0.29) is 0 Å². The van der Waals surface area contributed by atoms with E-state index in [9.17, 15) is 0 Å². The van der Waals surface area contributed by atoms with Crippen LogP contribution >= 0.6 is 15.9 Å². The van der Waals surface area contributed by atoms with Crippen LogP contribution in [0.3, 0.4) is 0 Å². The Kier molecular flexibility index (Phi) is 3.99. The molecule has 4 nitrogen and oxygen atoms in total. The fourth-order valence-corrected chi connectivity index (χ4v) is 1.11. The summed E-state index contributed by atoms with van der Waals surface area (Å²) in [6.45, 7) is 1.48. The minimum Gasteiger partial charge on any atom is -0.369 e. The molecule has 4 N–H and O–H groups in total. The predicted molar refractivity (Wildman–Crippen MR) is 52.6 cm³/mol. The lowest BCUT2D eigenvalue weighted by atomic mass is 10.4. The van der Waals surface area contributed by atoms with Crippen molar-refractivity contribution < 1.29 is 0 Å². The summed E-state index contributed by atoms with van der Waals surface area (Å²) in [5.41, 5.74) is 2.55. The van der Waals surface area contributed by atoms with Gasteiger partial charge in [0.05, 0.1) is 0 Å². The zero-order chi connectivity index (χ0) is 8.81. The van der Waals surface area contributed by atoms with Gasteiger partial charge in [0.25, 0.3) is 0 Å². The standard InChI is InChI=1S/C7H11BrN4/c8-6-2-1-3-7(12-6)10-4-5-11-9/h1-3,11H,4-5,9H2,(H,10,12). The van der Waals surface area contributed by atoms with Crippen molar-refractivity contribution >= 4 is 21.7 Å². The number of anilines is 1. The number of hydrazine groups is 1. The summed E-state index contributed by atoms with van der Waals surface area (Å²) in [5.74, 6) is 5.95. The average Bonchev–Trinajstić information content (AvgIpc) is 2.05. The molecule has 66 valence electrons. The quantitative estimate of drug-likeness (QED) is 0.309. The topological polar surface area (TPSA) is 63.0 Å². The molecule has 0 bridgehead atoms. The lowest BCUT2D eigenvalue weighted by Crippen LogP contribution is -2.28. The van der Waals surface area contributed by atoms with Gasteiger partial charge in [-0.15, -0.1) is 0 Å². The number of halogens is 1. The second-order valence-corrected chi connectivity index (χ2v) is 3.04. The molecule has 0 aliphatic carbocycles. The molecule has 0 saturated heterocycles. The van der Waals surface area contributed by atoms with E-state index < -0.39 is 0 Å². The molecule has 0 saturated carbocycles. The molecule has 0 spiro atoms. The number of nitrogens with zero attached hydrogens (tertiary/aromatic N) is 1. The van der Waals surface area contributed by atoms with Gasteiger partial charge in [-0.2, -0.15) is 0 Å². The van der Waals surface area contributed by atoms with E-state index in [0.29, 0.717) is 6.54 Å². The van der Waals surface area contributed by atoms with E-state index in [0.717, 1.165) is 17.0 Å². The summed E-state index contributed by atoms with van der Waals surface area (Å²) in [5, 5.41) is 3.10. The second-order valence-electron chi connectivity index (χ2n) is 2.23. The van der Waals surface area contributed by atoms with Gasteiger partial charge in [-0.05, 0) is 28.1 Å². The molecule has 0 fully saturated rings.